The van der Waals surface area contributed by atoms with Crippen LogP contribution in [0.25, 0.3) is 0 Å². The maximum Gasteiger partial charge on any atom is 0.305 e. The highest BCUT2D eigenvalue weighted by atomic mass is 16.4. The SMILES string of the molecule is CNC(CC(=O)O)C(=O)c1ccc(N(C)C)cc1. The number of anilines is 1. The van der Waals surface area contributed by atoms with Crippen LogP contribution < -0.4 is 10.2 Å². The first-order valence-electron chi connectivity index (χ1n) is 5.66. The van der Waals surface area contributed by atoms with Crippen LogP contribution in [-0.4, -0.2) is 44.0 Å². The van der Waals surface area contributed by atoms with Crippen molar-refractivity contribution in [3.63, 3.8) is 0 Å². The fourth-order valence-corrected chi connectivity index (χ4v) is 1.63. The molecule has 18 heavy (non-hydrogen) atoms. The van der Waals surface area contributed by atoms with Crippen LogP contribution in [0.1, 0.15) is 16.8 Å². The van der Waals surface area contributed by atoms with E-state index in [2.05, 4.69) is 5.32 Å². The van der Waals surface area contributed by atoms with E-state index >= 15 is 0 Å². The number of Topliss-reactive ketones (excluding diaryl/α,β-unsaturated/α-hetero) is 1. The van der Waals surface area contributed by atoms with Crippen LogP contribution in [-0.2, 0) is 4.79 Å². The topological polar surface area (TPSA) is 69.6 Å². The molecule has 0 bridgehead atoms. The number of hydrogen-bond donors (Lipinski definition) is 2. The maximum atomic E-state index is 12.1. The van der Waals surface area contributed by atoms with Gasteiger partial charge in [-0.3, -0.25) is 9.59 Å². The fourth-order valence-electron chi connectivity index (χ4n) is 1.63. The first-order valence-corrected chi connectivity index (χ1v) is 5.66. The van der Waals surface area contributed by atoms with E-state index in [9.17, 15) is 9.59 Å². The Balaban J connectivity index is 2.85. The van der Waals surface area contributed by atoms with Gasteiger partial charge in [-0.1, -0.05) is 0 Å². The largest absolute Gasteiger partial charge is 0.481 e. The summed E-state index contributed by atoms with van der Waals surface area (Å²) >= 11 is 0. The minimum absolute atomic E-state index is 0.204. The number of carboxylic acids is 1. The Labute approximate surface area is 106 Å². The van der Waals surface area contributed by atoms with Crippen LogP contribution in [0.5, 0.6) is 0 Å². The van der Waals surface area contributed by atoms with Crippen molar-refractivity contribution in [2.24, 2.45) is 0 Å². The van der Waals surface area contributed by atoms with Gasteiger partial charge in [-0.25, -0.2) is 0 Å². The number of carboxylic acid groups (broad SMARTS) is 1. The van der Waals surface area contributed by atoms with Crippen LogP contribution >= 0.6 is 0 Å². The van der Waals surface area contributed by atoms with E-state index in [1.54, 1.807) is 19.2 Å². The Morgan fingerprint density at radius 1 is 1.28 bits per heavy atom. The van der Waals surface area contributed by atoms with E-state index < -0.39 is 12.0 Å². The van der Waals surface area contributed by atoms with Gasteiger partial charge in [0.25, 0.3) is 0 Å². The molecule has 0 amide bonds. The van der Waals surface area contributed by atoms with Gasteiger partial charge < -0.3 is 15.3 Å². The molecule has 0 spiro atoms. The summed E-state index contributed by atoms with van der Waals surface area (Å²) in [5.41, 5.74) is 1.51. The van der Waals surface area contributed by atoms with Gasteiger partial charge in [-0.05, 0) is 31.3 Å². The van der Waals surface area contributed by atoms with Crippen LogP contribution in [0.4, 0.5) is 5.69 Å². The number of aliphatic carboxylic acids is 1. The summed E-state index contributed by atoms with van der Waals surface area (Å²) in [6.45, 7) is 0. The number of ketones is 1. The quantitative estimate of drug-likeness (QED) is 0.737. The third-order valence-corrected chi connectivity index (χ3v) is 2.71. The molecule has 0 aliphatic rings. The van der Waals surface area contributed by atoms with Crippen LogP contribution in [0, 0.1) is 0 Å². The fraction of sp³-hybridized carbons (Fsp3) is 0.385. The number of nitrogens with zero attached hydrogens (tertiary/aromatic N) is 1. The number of rotatable bonds is 6. The molecule has 0 aromatic heterocycles. The molecular formula is C13H18N2O3. The molecule has 2 N–H and O–H groups in total. The minimum Gasteiger partial charge on any atom is -0.481 e. The van der Waals surface area contributed by atoms with Gasteiger partial charge in [0.1, 0.15) is 0 Å². The Kier molecular flexibility index (Phi) is 4.85. The summed E-state index contributed by atoms with van der Waals surface area (Å²) in [6.07, 6.45) is -0.217. The minimum atomic E-state index is -0.993. The van der Waals surface area contributed by atoms with E-state index in [0.717, 1.165) is 5.69 Å². The Morgan fingerprint density at radius 3 is 2.22 bits per heavy atom. The van der Waals surface area contributed by atoms with Crippen molar-refractivity contribution in [1.82, 2.24) is 5.32 Å². The van der Waals surface area contributed by atoms with Crippen molar-refractivity contribution in [3.05, 3.63) is 29.8 Å². The third-order valence-electron chi connectivity index (χ3n) is 2.71. The average molecular weight is 250 g/mol. The lowest BCUT2D eigenvalue weighted by Crippen LogP contribution is -2.36. The molecule has 1 unspecified atom stereocenters. The molecule has 0 aliphatic carbocycles. The van der Waals surface area contributed by atoms with Gasteiger partial charge in [0, 0.05) is 25.3 Å². The molecular weight excluding hydrogens is 232 g/mol. The molecule has 0 heterocycles. The molecule has 1 rings (SSSR count). The molecule has 0 fully saturated rings. The third kappa shape index (κ3) is 3.56. The van der Waals surface area contributed by atoms with Gasteiger partial charge in [-0.15, -0.1) is 0 Å². The zero-order chi connectivity index (χ0) is 13.7. The standard InChI is InChI=1S/C13H18N2O3/c1-14-11(8-12(16)17)13(18)9-4-6-10(7-5-9)15(2)3/h4-7,11,14H,8H2,1-3H3,(H,16,17). The van der Waals surface area contributed by atoms with Crippen molar-refractivity contribution in [3.8, 4) is 0 Å². The number of likely N-dealkylation sites (N-methyl/N-ethyl adjacent to an activating group) is 1. The molecule has 98 valence electrons. The summed E-state index contributed by atoms with van der Waals surface area (Å²) in [6, 6.07) is 6.41. The lowest BCUT2D eigenvalue weighted by molar-refractivity contribution is -0.137. The molecule has 0 saturated heterocycles. The zero-order valence-corrected chi connectivity index (χ0v) is 10.8. The molecule has 0 saturated carbocycles. The molecule has 0 radical (unpaired) electrons. The van der Waals surface area contributed by atoms with Gasteiger partial charge >= 0.3 is 5.97 Å². The lowest BCUT2D eigenvalue weighted by Gasteiger charge is -2.15. The highest BCUT2D eigenvalue weighted by molar-refractivity contribution is 6.01. The first kappa shape index (κ1) is 14.2. The second-order valence-corrected chi connectivity index (χ2v) is 4.24. The van der Waals surface area contributed by atoms with Gasteiger partial charge in [0.15, 0.2) is 5.78 Å². The second kappa shape index (κ2) is 6.16. The Hall–Kier alpha value is -1.88. The molecule has 1 aromatic rings. The summed E-state index contributed by atoms with van der Waals surface area (Å²) in [5.74, 6) is -1.20. The predicted molar refractivity (Wildman–Crippen MR) is 70.2 cm³/mol. The van der Waals surface area contributed by atoms with Crippen molar-refractivity contribution < 1.29 is 14.7 Å². The maximum absolute atomic E-state index is 12.1. The highest BCUT2D eigenvalue weighted by Crippen LogP contribution is 2.14. The number of benzene rings is 1. The van der Waals surface area contributed by atoms with E-state index in [4.69, 9.17) is 5.11 Å². The van der Waals surface area contributed by atoms with Crippen LogP contribution in [0.15, 0.2) is 24.3 Å². The lowest BCUT2D eigenvalue weighted by atomic mass is 10.0. The molecule has 5 nitrogen and oxygen atoms in total. The average Bonchev–Trinajstić information content (AvgIpc) is 2.35. The smallest absolute Gasteiger partial charge is 0.305 e. The molecule has 1 aromatic carbocycles. The highest BCUT2D eigenvalue weighted by Gasteiger charge is 2.21. The zero-order valence-electron chi connectivity index (χ0n) is 10.8. The van der Waals surface area contributed by atoms with Crippen LogP contribution in [0.3, 0.4) is 0 Å². The van der Waals surface area contributed by atoms with E-state index in [-0.39, 0.29) is 12.2 Å². The predicted octanol–water partition coefficient (Wildman–Crippen LogP) is 0.998. The molecule has 0 aliphatic heterocycles. The molecule has 5 heteroatoms. The van der Waals surface area contributed by atoms with Gasteiger partial charge in [0.2, 0.25) is 0 Å². The summed E-state index contributed by atoms with van der Waals surface area (Å²) in [4.78, 5) is 24.6. The second-order valence-electron chi connectivity index (χ2n) is 4.24. The monoisotopic (exact) mass is 250 g/mol. The molecule has 1 atom stereocenters. The summed E-state index contributed by atoms with van der Waals surface area (Å²) in [5, 5.41) is 11.5. The summed E-state index contributed by atoms with van der Waals surface area (Å²) in [7, 11) is 5.41. The number of carbonyl (C=O) groups excluding carboxylic acids is 1. The van der Waals surface area contributed by atoms with E-state index in [0.29, 0.717) is 5.56 Å². The normalized spacial score (nSPS) is 11.9. The first-order chi connectivity index (χ1) is 8.45. The van der Waals surface area contributed by atoms with Crippen molar-refractivity contribution >= 4 is 17.4 Å². The van der Waals surface area contributed by atoms with Crippen molar-refractivity contribution in [2.75, 3.05) is 26.0 Å². The van der Waals surface area contributed by atoms with Gasteiger partial charge in [-0.2, -0.15) is 0 Å². The Morgan fingerprint density at radius 2 is 1.83 bits per heavy atom. The van der Waals surface area contributed by atoms with E-state index in [1.807, 2.05) is 31.1 Å². The van der Waals surface area contributed by atoms with Crippen LogP contribution in [0.2, 0.25) is 0 Å². The number of hydrogen-bond acceptors (Lipinski definition) is 4. The van der Waals surface area contributed by atoms with Crippen molar-refractivity contribution in [1.29, 1.82) is 0 Å². The van der Waals surface area contributed by atoms with Gasteiger partial charge in [0.05, 0.1) is 12.5 Å². The van der Waals surface area contributed by atoms with E-state index in [1.165, 1.54) is 0 Å². The Bertz CT molecular complexity index is 426. The van der Waals surface area contributed by atoms with Crippen molar-refractivity contribution in [2.45, 2.75) is 12.5 Å². The number of carbonyl (C=O) groups is 2. The number of nitrogens with one attached hydrogen (secondary N) is 1. The summed E-state index contributed by atoms with van der Waals surface area (Å²) < 4.78 is 0.